The Hall–Kier alpha value is -0.280. The highest BCUT2D eigenvalue weighted by molar-refractivity contribution is 5.85. The van der Waals surface area contributed by atoms with Crippen molar-refractivity contribution in [3.63, 3.8) is 0 Å². The van der Waals surface area contributed by atoms with E-state index in [1.165, 1.54) is 6.42 Å². The summed E-state index contributed by atoms with van der Waals surface area (Å²) in [7, 11) is 0. The lowest BCUT2D eigenvalue weighted by molar-refractivity contribution is -0.134. The molecule has 4 heteroatoms. The van der Waals surface area contributed by atoms with Gasteiger partial charge < -0.3 is 10.6 Å². The zero-order chi connectivity index (χ0) is 11.0. The number of carbonyl (C=O) groups excluding carboxylic acids is 1. The minimum atomic E-state index is 0. The van der Waals surface area contributed by atoms with Gasteiger partial charge in [0.05, 0.1) is 0 Å². The molecule has 94 valence electrons. The molecule has 0 aromatic rings. The Morgan fingerprint density at radius 1 is 1.44 bits per heavy atom. The van der Waals surface area contributed by atoms with Crippen LogP contribution in [0.25, 0.3) is 0 Å². The van der Waals surface area contributed by atoms with Gasteiger partial charge in [0, 0.05) is 25.0 Å². The predicted octanol–water partition coefficient (Wildman–Crippen LogP) is 1.65. The second kappa shape index (κ2) is 5.37. The molecule has 1 amide bonds. The van der Waals surface area contributed by atoms with Crippen LogP contribution >= 0.6 is 12.4 Å². The highest BCUT2D eigenvalue weighted by Gasteiger charge is 2.42. The van der Waals surface area contributed by atoms with E-state index in [4.69, 9.17) is 5.73 Å². The molecule has 1 saturated heterocycles. The predicted molar refractivity (Wildman–Crippen MR) is 67.5 cm³/mol. The van der Waals surface area contributed by atoms with Crippen molar-refractivity contribution in [2.24, 2.45) is 23.5 Å². The molecule has 0 aromatic heterocycles. The lowest BCUT2D eigenvalue weighted by Crippen LogP contribution is -2.36. The third-order valence-electron chi connectivity index (χ3n) is 4.26. The van der Waals surface area contributed by atoms with Gasteiger partial charge in [-0.1, -0.05) is 13.8 Å². The van der Waals surface area contributed by atoms with Crippen LogP contribution < -0.4 is 5.73 Å². The van der Waals surface area contributed by atoms with Gasteiger partial charge in [0.2, 0.25) is 5.91 Å². The van der Waals surface area contributed by atoms with E-state index in [2.05, 4.69) is 6.92 Å². The van der Waals surface area contributed by atoms with Crippen LogP contribution in [0, 0.1) is 17.8 Å². The van der Waals surface area contributed by atoms with Gasteiger partial charge >= 0.3 is 0 Å². The molecule has 16 heavy (non-hydrogen) atoms. The smallest absolute Gasteiger partial charge is 0.225 e. The summed E-state index contributed by atoms with van der Waals surface area (Å²) in [6, 6.07) is 0.338. The van der Waals surface area contributed by atoms with E-state index in [9.17, 15) is 4.79 Å². The van der Waals surface area contributed by atoms with Crippen LogP contribution in [0.3, 0.4) is 0 Å². The van der Waals surface area contributed by atoms with E-state index in [1.807, 2.05) is 11.8 Å². The molecule has 0 radical (unpaired) electrons. The lowest BCUT2D eigenvalue weighted by atomic mass is 9.98. The minimum absolute atomic E-state index is 0. The first-order chi connectivity index (χ1) is 7.13. The summed E-state index contributed by atoms with van der Waals surface area (Å²) in [5.74, 6) is 1.78. The van der Waals surface area contributed by atoms with E-state index >= 15 is 0 Å². The van der Waals surface area contributed by atoms with Crippen molar-refractivity contribution in [2.45, 2.75) is 39.2 Å². The van der Waals surface area contributed by atoms with Crippen molar-refractivity contribution in [1.82, 2.24) is 4.90 Å². The Labute approximate surface area is 104 Å². The maximum absolute atomic E-state index is 12.0. The van der Waals surface area contributed by atoms with Gasteiger partial charge in [-0.15, -0.1) is 12.4 Å². The van der Waals surface area contributed by atoms with Crippen molar-refractivity contribution in [3.8, 4) is 0 Å². The highest BCUT2D eigenvalue weighted by atomic mass is 35.5. The topological polar surface area (TPSA) is 46.3 Å². The minimum Gasteiger partial charge on any atom is -0.342 e. The number of halogens is 1. The third kappa shape index (κ3) is 2.35. The Morgan fingerprint density at radius 3 is 2.69 bits per heavy atom. The van der Waals surface area contributed by atoms with Crippen molar-refractivity contribution in [1.29, 1.82) is 0 Å². The molecular weight excluding hydrogens is 224 g/mol. The molecule has 1 aliphatic carbocycles. The standard InChI is InChI=1S/C12H22N2O.ClH/c1-3-8(2)12(15)14-6-9-4-5-11(13)10(9)7-14;/h8-11H,3-7,13H2,1-2H3;1H. The summed E-state index contributed by atoms with van der Waals surface area (Å²) in [6.45, 7) is 5.97. The van der Waals surface area contributed by atoms with Crippen LogP contribution in [0.2, 0.25) is 0 Å². The highest BCUT2D eigenvalue weighted by Crippen LogP contribution is 2.37. The van der Waals surface area contributed by atoms with E-state index < -0.39 is 0 Å². The van der Waals surface area contributed by atoms with Crippen LogP contribution in [0.15, 0.2) is 0 Å². The molecule has 4 unspecified atom stereocenters. The van der Waals surface area contributed by atoms with Gasteiger partial charge in [0.25, 0.3) is 0 Å². The number of nitrogens with two attached hydrogens (primary N) is 1. The van der Waals surface area contributed by atoms with Gasteiger partial charge in [-0.2, -0.15) is 0 Å². The van der Waals surface area contributed by atoms with Crippen molar-refractivity contribution < 1.29 is 4.79 Å². The monoisotopic (exact) mass is 246 g/mol. The van der Waals surface area contributed by atoms with Gasteiger partial charge in [-0.3, -0.25) is 4.79 Å². The van der Waals surface area contributed by atoms with E-state index in [-0.39, 0.29) is 18.3 Å². The zero-order valence-corrected chi connectivity index (χ0v) is 11.0. The van der Waals surface area contributed by atoms with Gasteiger partial charge in [0.15, 0.2) is 0 Å². The largest absolute Gasteiger partial charge is 0.342 e. The van der Waals surface area contributed by atoms with Crippen molar-refractivity contribution >= 4 is 18.3 Å². The first-order valence-corrected chi connectivity index (χ1v) is 6.17. The molecule has 0 spiro atoms. The quantitative estimate of drug-likeness (QED) is 0.806. The third-order valence-corrected chi connectivity index (χ3v) is 4.26. The number of nitrogens with zero attached hydrogens (tertiary/aromatic N) is 1. The fourth-order valence-corrected chi connectivity index (χ4v) is 2.97. The summed E-state index contributed by atoms with van der Waals surface area (Å²) in [4.78, 5) is 14.0. The average Bonchev–Trinajstić information content (AvgIpc) is 2.79. The van der Waals surface area contributed by atoms with Gasteiger partial charge in [-0.05, 0) is 31.1 Å². The molecule has 2 rings (SSSR count). The van der Waals surface area contributed by atoms with E-state index in [1.54, 1.807) is 0 Å². The van der Waals surface area contributed by atoms with Crippen LogP contribution in [0.4, 0.5) is 0 Å². The normalized spacial score (nSPS) is 34.4. The maximum atomic E-state index is 12.0. The Morgan fingerprint density at radius 2 is 2.12 bits per heavy atom. The Bertz CT molecular complexity index is 259. The number of hydrogen-bond acceptors (Lipinski definition) is 2. The molecule has 2 N–H and O–H groups in total. The fourth-order valence-electron chi connectivity index (χ4n) is 2.97. The Kier molecular flexibility index (Phi) is 4.62. The average molecular weight is 247 g/mol. The second-order valence-electron chi connectivity index (χ2n) is 5.22. The number of rotatable bonds is 2. The number of hydrogen-bond donors (Lipinski definition) is 1. The number of carbonyl (C=O) groups is 1. The van der Waals surface area contributed by atoms with Gasteiger partial charge in [-0.25, -0.2) is 0 Å². The molecule has 1 saturated carbocycles. The summed E-state index contributed by atoms with van der Waals surface area (Å²) in [6.07, 6.45) is 3.31. The van der Waals surface area contributed by atoms with E-state index in [0.29, 0.717) is 23.8 Å². The number of amides is 1. The molecule has 0 aromatic carbocycles. The van der Waals surface area contributed by atoms with Crippen molar-refractivity contribution in [2.75, 3.05) is 13.1 Å². The molecule has 4 atom stereocenters. The zero-order valence-electron chi connectivity index (χ0n) is 10.2. The van der Waals surface area contributed by atoms with Crippen LogP contribution in [-0.2, 0) is 4.79 Å². The molecule has 3 nitrogen and oxygen atoms in total. The molecule has 2 fully saturated rings. The summed E-state index contributed by atoms with van der Waals surface area (Å²) >= 11 is 0. The fraction of sp³-hybridized carbons (Fsp3) is 0.917. The molecule has 0 bridgehead atoms. The van der Waals surface area contributed by atoms with Crippen LogP contribution in [0.5, 0.6) is 0 Å². The lowest BCUT2D eigenvalue weighted by Gasteiger charge is -2.21. The number of likely N-dealkylation sites (tertiary alicyclic amines) is 1. The first-order valence-electron chi connectivity index (χ1n) is 6.17. The summed E-state index contributed by atoms with van der Waals surface area (Å²) in [5.41, 5.74) is 6.05. The summed E-state index contributed by atoms with van der Waals surface area (Å²) in [5, 5.41) is 0. The maximum Gasteiger partial charge on any atom is 0.225 e. The Balaban J connectivity index is 0.00000128. The molecule has 1 heterocycles. The number of fused-ring (bicyclic) bond motifs is 1. The van der Waals surface area contributed by atoms with Crippen molar-refractivity contribution in [3.05, 3.63) is 0 Å². The first kappa shape index (κ1) is 13.8. The molecular formula is C12H23ClN2O. The molecule has 1 aliphatic heterocycles. The van der Waals surface area contributed by atoms with E-state index in [0.717, 1.165) is 25.9 Å². The van der Waals surface area contributed by atoms with Gasteiger partial charge in [0.1, 0.15) is 0 Å². The SMILES string of the molecule is CCC(C)C(=O)N1CC2CCC(N)C2C1.Cl. The second-order valence-corrected chi connectivity index (χ2v) is 5.22. The van der Waals surface area contributed by atoms with Crippen LogP contribution in [0.1, 0.15) is 33.1 Å². The summed E-state index contributed by atoms with van der Waals surface area (Å²) < 4.78 is 0. The molecule has 2 aliphatic rings. The van der Waals surface area contributed by atoms with Crippen LogP contribution in [-0.4, -0.2) is 29.9 Å².